The van der Waals surface area contributed by atoms with Gasteiger partial charge in [0.1, 0.15) is 11.5 Å². The van der Waals surface area contributed by atoms with Gasteiger partial charge in [0.15, 0.2) is 0 Å². The quantitative estimate of drug-likeness (QED) is 0.112. The molecule has 1 saturated carbocycles. The molecule has 2 bridgehead atoms. The molecule has 1 aliphatic carbocycles. The number of hydrogen-bond donors (Lipinski definition) is 1. The highest BCUT2D eigenvalue weighted by Crippen LogP contribution is 2.43. The largest absolute Gasteiger partial charge is 0.494 e. The van der Waals surface area contributed by atoms with E-state index in [-0.39, 0.29) is 42.7 Å². The number of nitrogens with two attached hydrogens (primary N) is 1. The summed E-state index contributed by atoms with van der Waals surface area (Å²) in [5, 5.41) is 0.752. The number of ether oxygens (including phenoxy) is 2. The van der Waals surface area contributed by atoms with Crippen LogP contribution in [0.5, 0.6) is 11.5 Å². The van der Waals surface area contributed by atoms with Crippen molar-refractivity contribution in [2.75, 3.05) is 6.61 Å². The molecule has 2 heterocycles. The SMILES string of the molecule is CCCCOc1ccc(C(F)(F)[C@H](C(=O)N2C3CCC2CC(N)C3)N(OC(=O)C(F)(F)F)S(=O)(=O)c2ccc3cc(OC4CCCC4)ccc3c2)cc1. The van der Waals surface area contributed by atoms with Gasteiger partial charge < -0.3 is 24.9 Å². The van der Waals surface area contributed by atoms with Gasteiger partial charge in [0.25, 0.3) is 15.9 Å². The Labute approximate surface area is 304 Å². The number of rotatable bonds is 13. The van der Waals surface area contributed by atoms with E-state index in [4.69, 9.17) is 15.2 Å². The maximum absolute atomic E-state index is 17.0. The van der Waals surface area contributed by atoms with Crippen molar-refractivity contribution in [2.45, 2.75) is 118 Å². The van der Waals surface area contributed by atoms with E-state index in [9.17, 15) is 31.2 Å². The van der Waals surface area contributed by atoms with E-state index >= 15 is 8.78 Å². The highest BCUT2D eigenvalue weighted by atomic mass is 32.2. The zero-order valence-electron chi connectivity index (χ0n) is 29.1. The fraction of sp³-hybridized carbons (Fsp3) is 0.514. The number of hydrogen-bond acceptors (Lipinski definition) is 8. The molecule has 10 nitrogen and oxygen atoms in total. The summed E-state index contributed by atoms with van der Waals surface area (Å²) in [4.78, 5) is 31.5. The number of nitrogens with zero attached hydrogens (tertiary/aromatic N) is 2. The molecule has 16 heteroatoms. The van der Waals surface area contributed by atoms with Gasteiger partial charge in [-0.15, -0.1) is 0 Å². The van der Waals surface area contributed by atoms with Gasteiger partial charge in [-0.2, -0.15) is 22.0 Å². The molecule has 3 fully saturated rings. The Hall–Kier alpha value is -4.02. The fourth-order valence-electron chi connectivity index (χ4n) is 7.48. The van der Waals surface area contributed by atoms with Crippen molar-refractivity contribution >= 4 is 32.7 Å². The van der Waals surface area contributed by atoms with Crippen molar-refractivity contribution in [3.05, 3.63) is 66.2 Å². The molecule has 3 aliphatic rings. The summed E-state index contributed by atoms with van der Waals surface area (Å²) in [5.41, 5.74) is 5.22. The highest BCUT2D eigenvalue weighted by molar-refractivity contribution is 7.89. The second kappa shape index (κ2) is 15.4. The minimum absolute atomic E-state index is 0.0239. The van der Waals surface area contributed by atoms with Gasteiger partial charge >= 0.3 is 18.1 Å². The van der Waals surface area contributed by atoms with E-state index in [2.05, 4.69) is 4.84 Å². The summed E-state index contributed by atoms with van der Waals surface area (Å²) in [6, 6.07) is 7.22. The molecule has 2 saturated heterocycles. The standard InChI is InChI=1S/C37H42F5N3O7S/c1-2-3-18-50-29-15-10-25(11-16-29)36(38,39)33(34(46)44-27-12-13-28(44)22-26(43)21-27)45(52-35(47)37(40,41)42)53(48,49)32-17-9-23-19-31(14-8-24(23)20-32)51-30-6-4-5-7-30/h8-11,14-17,19-20,26-28,30,33H,2-7,12-13,18,21-22,43H2,1H3/t26?,27?,28?,33-/m0/s1. The van der Waals surface area contributed by atoms with Crippen molar-refractivity contribution in [1.29, 1.82) is 0 Å². The van der Waals surface area contributed by atoms with E-state index in [0.29, 0.717) is 30.4 Å². The predicted octanol–water partition coefficient (Wildman–Crippen LogP) is 6.99. The zero-order valence-corrected chi connectivity index (χ0v) is 29.9. The van der Waals surface area contributed by atoms with Crippen LogP contribution in [0.4, 0.5) is 22.0 Å². The maximum Gasteiger partial charge on any atom is 0.492 e. The third-order valence-electron chi connectivity index (χ3n) is 10.1. The fourth-order valence-corrected chi connectivity index (χ4v) is 8.87. The molecule has 0 aromatic heterocycles. The predicted molar refractivity (Wildman–Crippen MR) is 183 cm³/mol. The van der Waals surface area contributed by atoms with Crippen LogP contribution in [-0.2, 0) is 30.4 Å². The minimum atomic E-state index is -5.82. The van der Waals surface area contributed by atoms with Crippen LogP contribution in [0.25, 0.3) is 10.8 Å². The lowest BCUT2D eigenvalue weighted by Crippen LogP contribution is -2.62. The van der Waals surface area contributed by atoms with Crippen molar-refractivity contribution in [3.8, 4) is 11.5 Å². The first-order chi connectivity index (χ1) is 25.1. The molecule has 3 atom stereocenters. The number of piperidine rings is 1. The Kier molecular flexibility index (Phi) is 11.2. The molecular formula is C37H42F5N3O7S. The molecule has 2 N–H and O–H groups in total. The van der Waals surface area contributed by atoms with Crippen LogP contribution < -0.4 is 15.2 Å². The summed E-state index contributed by atoms with van der Waals surface area (Å²) < 4.78 is 115. The monoisotopic (exact) mass is 767 g/mol. The molecule has 2 unspecified atom stereocenters. The lowest BCUT2D eigenvalue weighted by atomic mass is 9.94. The van der Waals surface area contributed by atoms with Crippen LogP contribution >= 0.6 is 0 Å². The number of carbonyl (C=O) groups is 2. The van der Waals surface area contributed by atoms with E-state index in [1.165, 1.54) is 24.3 Å². The van der Waals surface area contributed by atoms with E-state index < -0.39 is 67.1 Å². The summed E-state index contributed by atoms with van der Waals surface area (Å²) in [6.45, 7) is 2.21. The van der Waals surface area contributed by atoms with Crippen LogP contribution in [0.3, 0.4) is 0 Å². The average Bonchev–Trinajstić information content (AvgIpc) is 3.72. The molecule has 6 rings (SSSR count). The number of alkyl halides is 5. The molecule has 2 aliphatic heterocycles. The molecule has 288 valence electrons. The molecule has 1 amide bonds. The van der Waals surface area contributed by atoms with Gasteiger partial charge in [-0.3, -0.25) is 4.79 Å². The first kappa shape index (κ1) is 38.7. The minimum Gasteiger partial charge on any atom is -0.494 e. The molecule has 0 spiro atoms. The lowest BCUT2D eigenvalue weighted by molar-refractivity contribution is -0.240. The van der Waals surface area contributed by atoms with Crippen LogP contribution in [-0.4, -0.2) is 72.7 Å². The Morgan fingerprint density at radius 3 is 2.11 bits per heavy atom. The van der Waals surface area contributed by atoms with Gasteiger partial charge in [0, 0.05) is 23.7 Å². The van der Waals surface area contributed by atoms with Crippen molar-refractivity contribution in [1.82, 2.24) is 9.37 Å². The third kappa shape index (κ3) is 8.24. The van der Waals surface area contributed by atoms with Crippen LogP contribution in [0.2, 0.25) is 0 Å². The first-order valence-corrected chi connectivity index (χ1v) is 19.3. The van der Waals surface area contributed by atoms with Crippen LogP contribution in [0, 0.1) is 0 Å². The van der Waals surface area contributed by atoms with Crippen molar-refractivity contribution < 1.29 is 54.3 Å². The number of unbranched alkanes of at least 4 members (excludes halogenated alkanes) is 1. The number of benzene rings is 3. The van der Waals surface area contributed by atoms with Gasteiger partial charge in [0.05, 0.1) is 17.6 Å². The van der Waals surface area contributed by atoms with E-state index in [1.807, 2.05) is 6.92 Å². The number of fused-ring (bicyclic) bond motifs is 3. The zero-order chi connectivity index (χ0) is 38.1. The lowest BCUT2D eigenvalue weighted by Gasteiger charge is -2.42. The molecule has 53 heavy (non-hydrogen) atoms. The summed E-state index contributed by atoms with van der Waals surface area (Å²) in [7, 11) is -5.62. The summed E-state index contributed by atoms with van der Waals surface area (Å²) in [6.07, 6.45) is 0.647. The summed E-state index contributed by atoms with van der Waals surface area (Å²) >= 11 is 0. The van der Waals surface area contributed by atoms with Crippen LogP contribution in [0.1, 0.15) is 76.7 Å². The number of sulfonamides is 1. The van der Waals surface area contributed by atoms with E-state index in [0.717, 1.165) is 61.3 Å². The third-order valence-corrected chi connectivity index (χ3v) is 11.8. The van der Waals surface area contributed by atoms with Crippen molar-refractivity contribution in [2.24, 2.45) is 5.73 Å². The molecular weight excluding hydrogens is 725 g/mol. The first-order valence-electron chi connectivity index (χ1n) is 17.8. The van der Waals surface area contributed by atoms with Gasteiger partial charge in [-0.1, -0.05) is 25.5 Å². The number of carbonyl (C=O) groups excluding carboxylic acids is 2. The second-order valence-electron chi connectivity index (χ2n) is 13.9. The molecule has 3 aromatic carbocycles. The van der Waals surface area contributed by atoms with Crippen molar-refractivity contribution in [3.63, 3.8) is 0 Å². The Morgan fingerprint density at radius 1 is 0.887 bits per heavy atom. The van der Waals surface area contributed by atoms with Gasteiger partial charge in [-0.25, -0.2) is 13.2 Å². The Morgan fingerprint density at radius 2 is 1.49 bits per heavy atom. The maximum atomic E-state index is 17.0. The normalized spacial score (nSPS) is 21.6. The van der Waals surface area contributed by atoms with Gasteiger partial charge in [-0.05, 0) is 122 Å². The Bertz CT molecular complexity index is 1890. The van der Waals surface area contributed by atoms with E-state index in [1.54, 1.807) is 12.1 Å². The number of hydroxylamine groups is 1. The van der Waals surface area contributed by atoms with Crippen LogP contribution in [0.15, 0.2) is 65.6 Å². The number of halogens is 5. The number of amides is 1. The smallest absolute Gasteiger partial charge is 0.492 e. The van der Waals surface area contributed by atoms with Gasteiger partial charge in [0.2, 0.25) is 6.04 Å². The average molecular weight is 768 g/mol. The molecule has 0 radical (unpaired) electrons. The Balaban J connectivity index is 1.44. The summed E-state index contributed by atoms with van der Waals surface area (Å²) in [5.74, 6) is -8.45. The highest BCUT2D eigenvalue weighted by Gasteiger charge is 2.60. The molecule has 3 aromatic rings. The topological polar surface area (TPSA) is 128 Å². The second-order valence-corrected chi connectivity index (χ2v) is 15.7.